The van der Waals surface area contributed by atoms with Gasteiger partial charge in [-0.05, 0) is 38.0 Å². The van der Waals surface area contributed by atoms with Crippen molar-refractivity contribution in [1.29, 1.82) is 0 Å². The van der Waals surface area contributed by atoms with Crippen LogP contribution in [0.3, 0.4) is 0 Å². The SMILES string of the molecule is CC(C)CN(C(=O)c1cc(C(F)(F)F)ccc1F)C(C)C. The minimum absolute atomic E-state index is 0.130. The van der Waals surface area contributed by atoms with Gasteiger partial charge in [0.1, 0.15) is 5.82 Å². The van der Waals surface area contributed by atoms with Gasteiger partial charge in [-0.1, -0.05) is 13.8 Å². The molecule has 1 rings (SSSR count). The minimum Gasteiger partial charge on any atom is -0.336 e. The van der Waals surface area contributed by atoms with E-state index in [1.807, 2.05) is 13.8 Å². The summed E-state index contributed by atoms with van der Waals surface area (Å²) in [5.41, 5.74) is -1.57. The van der Waals surface area contributed by atoms with Gasteiger partial charge in [0.05, 0.1) is 11.1 Å². The average molecular weight is 305 g/mol. The van der Waals surface area contributed by atoms with Gasteiger partial charge < -0.3 is 4.90 Å². The molecule has 1 aromatic carbocycles. The predicted octanol–water partition coefficient (Wildman–Crippen LogP) is 4.35. The van der Waals surface area contributed by atoms with Gasteiger partial charge in [-0.2, -0.15) is 13.2 Å². The smallest absolute Gasteiger partial charge is 0.336 e. The highest BCUT2D eigenvalue weighted by molar-refractivity contribution is 5.95. The van der Waals surface area contributed by atoms with E-state index in [4.69, 9.17) is 0 Å². The van der Waals surface area contributed by atoms with Crippen molar-refractivity contribution in [2.45, 2.75) is 39.9 Å². The summed E-state index contributed by atoms with van der Waals surface area (Å²) in [4.78, 5) is 13.7. The number of benzene rings is 1. The van der Waals surface area contributed by atoms with Crippen LogP contribution in [0.5, 0.6) is 0 Å². The highest BCUT2D eigenvalue weighted by atomic mass is 19.4. The summed E-state index contributed by atoms with van der Waals surface area (Å²) in [6, 6.07) is 1.67. The summed E-state index contributed by atoms with van der Waals surface area (Å²) in [6.07, 6.45) is -4.61. The Morgan fingerprint density at radius 2 is 1.76 bits per heavy atom. The van der Waals surface area contributed by atoms with Crippen LogP contribution in [-0.4, -0.2) is 23.4 Å². The molecule has 6 heteroatoms. The standard InChI is InChI=1S/C15H19F4NO/c1-9(2)8-20(10(3)4)14(21)12-7-11(15(17,18)19)5-6-13(12)16/h5-7,9-10H,8H2,1-4H3. The Hall–Kier alpha value is -1.59. The Bertz CT molecular complexity index is 509. The Kier molecular flexibility index (Phi) is 5.36. The predicted molar refractivity (Wildman–Crippen MR) is 72.4 cm³/mol. The molecule has 0 N–H and O–H groups in total. The number of rotatable bonds is 4. The van der Waals surface area contributed by atoms with E-state index in [0.717, 1.165) is 0 Å². The second-order valence-corrected chi connectivity index (χ2v) is 5.64. The molecule has 0 spiro atoms. The molecule has 0 saturated heterocycles. The Balaban J connectivity index is 3.21. The van der Waals surface area contributed by atoms with Gasteiger partial charge in [0.2, 0.25) is 0 Å². The summed E-state index contributed by atoms with van der Waals surface area (Å²) >= 11 is 0. The lowest BCUT2D eigenvalue weighted by molar-refractivity contribution is -0.137. The number of nitrogens with zero attached hydrogens (tertiary/aromatic N) is 1. The lowest BCUT2D eigenvalue weighted by Gasteiger charge is -2.29. The minimum atomic E-state index is -4.61. The zero-order chi connectivity index (χ0) is 16.4. The third kappa shape index (κ3) is 4.44. The van der Waals surface area contributed by atoms with Crippen LogP contribution in [0.2, 0.25) is 0 Å². The quantitative estimate of drug-likeness (QED) is 0.757. The highest BCUT2D eigenvalue weighted by Gasteiger charge is 2.33. The van der Waals surface area contributed by atoms with E-state index in [1.165, 1.54) is 4.90 Å². The van der Waals surface area contributed by atoms with Crippen LogP contribution in [-0.2, 0) is 6.18 Å². The molecule has 0 aromatic heterocycles. The van der Waals surface area contributed by atoms with Crippen molar-refractivity contribution in [3.63, 3.8) is 0 Å². The third-order valence-corrected chi connectivity index (χ3v) is 2.97. The van der Waals surface area contributed by atoms with Crippen molar-refractivity contribution >= 4 is 5.91 Å². The highest BCUT2D eigenvalue weighted by Crippen LogP contribution is 2.30. The van der Waals surface area contributed by atoms with Gasteiger partial charge >= 0.3 is 6.18 Å². The molecule has 0 atom stereocenters. The number of carbonyl (C=O) groups excluding carboxylic acids is 1. The van der Waals surface area contributed by atoms with Gasteiger partial charge in [0.25, 0.3) is 5.91 Å². The van der Waals surface area contributed by atoms with Crippen LogP contribution in [0.1, 0.15) is 43.6 Å². The average Bonchev–Trinajstić information content (AvgIpc) is 2.33. The molecule has 0 bridgehead atoms. The maximum atomic E-state index is 13.8. The van der Waals surface area contributed by atoms with Crippen molar-refractivity contribution in [1.82, 2.24) is 4.90 Å². The Morgan fingerprint density at radius 1 is 1.19 bits per heavy atom. The summed E-state index contributed by atoms with van der Waals surface area (Å²) < 4.78 is 51.8. The molecule has 0 aliphatic heterocycles. The lowest BCUT2D eigenvalue weighted by Crippen LogP contribution is -2.40. The molecule has 2 nitrogen and oxygen atoms in total. The molecule has 0 aliphatic rings. The molecule has 0 saturated carbocycles. The normalized spacial score (nSPS) is 12.1. The first kappa shape index (κ1) is 17.5. The van der Waals surface area contributed by atoms with Crippen LogP contribution in [0.25, 0.3) is 0 Å². The molecule has 1 aromatic rings. The largest absolute Gasteiger partial charge is 0.416 e. The van der Waals surface area contributed by atoms with Crippen molar-refractivity contribution in [2.75, 3.05) is 6.54 Å². The maximum absolute atomic E-state index is 13.8. The van der Waals surface area contributed by atoms with Gasteiger partial charge in [0.15, 0.2) is 0 Å². The zero-order valence-corrected chi connectivity index (χ0v) is 12.5. The van der Waals surface area contributed by atoms with E-state index < -0.39 is 29.0 Å². The Morgan fingerprint density at radius 3 is 2.19 bits per heavy atom. The fraction of sp³-hybridized carbons (Fsp3) is 0.533. The number of amides is 1. The molecule has 1 amide bonds. The molecule has 0 fully saturated rings. The molecule has 118 valence electrons. The third-order valence-electron chi connectivity index (χ3n) is 2.97. The summed E-state index contributed by atoms with van der Waals surface area (Å²) in [6.45, 7) is 7.60. The van der Waals surface area contributed by atoms with E-state index in [9.17, 15) is 22.4 Å². The summed E-state index contributed by atoms with van der Waals surface area (Å²) in [5, 5.41) is 0. The summed E-state index contributed by atoms with van der Waals surface area (Å²) in [7, 11) is 0. The molecule has 0 aliphatic carbocycles. The van der Waals surface area contributed by atoms with Gasteiger partial charge in [-0.3, -0.25) is 4.79 Å². The number of carbonyl (C=O) groups is 1. The van der Waals surface area contributed by atoms with Crippen LogP contribution in [0.4, 0.5) is 17.6 Å². The number of alkyl halides is 3. The van der Waals surface area contributed by atoms with Crippen LogP contribution < -0.4 is 0 Å². The molecule has 0 radical (unpaired) electrons. The van der Waals surface area contributed by atoms with Crippen LogP contribution in [0, 0.1) is 11.7 Å². The van der Waals surface area contributed by atoms with Crippen LogP contribution in [0.15, 0.2) is 18.2 Å². The van der Waals surface area contributed by atoms with Crippen LogP contribution >= 0.6 is 0 Å². The lowest BCUT2D eigenvalue weighted by atomic mass is 10.1. The van der Waals surface area contributed by atoms with E-state index in [1.54, 1.807) is 13.8 Å². The van der Waals surface area contributed by atoms with E-state index >= 15 is 0 Å². The first-order chi connectivity index (χ1) is 9.54. The molecular formula is C15H19F4NO. The second-order valence-electron chi connectivity index (χ2n) is 5.64. The van der Waals surface area contributed by atoms with Crippen molar-refractivity contribution in [2.24, 2.45) is 5.92 Å². The van der Waals surface area contributed by atoms with Gasteiger partial charge in [0, 0.05) is 12.6 Å². The van der Waals surface area contributed by atoms with Crippen molar-refractivity contribution in [3.8, 4) is 0 Å². The van der Waals surface area contributed by atoms with E-state index in [-0.39, 0.29) is 12.0 Å². The second kappa shape index (κ2) is 6.45. The topological polar surface area (TPSA) is 20.3 Å². The summed E-state index contributed by atoms with van der Waals surface area (Å²) in [5.74, 6) is -1.53. The molecular weight excluding hydrogens is 286 g/mol. The fourth-order valence-corrected chi connectivity index (χ4v) is 1.94. The number of hydrogen-bond donors (Lipinski definition) is 0. The van der Waals surface area contributed by atoms with Crippen molar-refractivity contribution in [3.05, 3.63) is 35.1 Å². The van der Waals surface area contributed by atoms with E-state index in [2.05, 4.69) is 0 Å². The maximum Gasteiger partial charge on any atom is 0.416 e. The monoisotopic (exact) mass is 305 g/mol. The zero-order valence-electron chi connectivity index (χ0n) is 12.5. The number of hydrogen-bond acceptors (Lipinski definition) is 1. The number of halogens is 4. The molecule has 0 heterocycles. The van der Waals surface area contributed by atoms with Gasteiger partial charge in [-0.25, -0.2) is 4.39 Å². The fourth-order valence-electron chi connectivity index (χ4n) is 1.94. The van der Waals surface area contributed by atoms with E-state index in [0.29, 0.717) is 24.7 Å². The first-order valence-corrected chi connectivity index (χ1v) is 6.71. The van der Waals surface area contributed by atoms with Crippen molar-refractivity contribution < 1.29 is 22.4 Å². The Labute approximate surface area is 121 Å². The van der Waals surface area contributed by atoms with Gasteiger partial charge in [-0.15, -0.1) is 0 Å². The first-order valence-electron chi connectivity index (χ1n) is 6.71. The molecule has 21 heavy (non-hydrogen) atoms. The molecule has 0 unspecified atom stereocenters.